The number of aliphatic hydroxyl groups is 1. The quantitative estimate of drug-likeness (QED) is 0.379. The maximum Gasteiger partial charge on any atom is 0.230 e. The van der Waals surface area contributed by atoms with Crippen molar-refractivity contribution in [2.24, 2.45) is 44.3 Å². The topological polar surface area (TPSA) is 131 Å². The molecule has 0 aromatic heterocycles. The lowest BCUT2D eigenvalue weighted by molar-refractivity contribution is -0.242. The highest BCUT2D eigenvalue weighted by atomic mass is 16.3. The lowest BCUT2D eigenvalue weighted by atomic mass is 9.33. The second-order valence-corrected chi connectivity index (χ2v) is 16.6. The summed E-state index contributed by atoms with van der Waals surface area (Å²) in [5.74, 6) is -1.11. The van der Waals surface area contributed by atoms with E-state index in [0.29, 0.717) is 30.5 Å². The lowest BCUT2D eigenvalue weighted by Gasteiger charge is -2.71. The van der Waals surface area contributed by atoms with E-state index in [2.05, 4.69) is 45.2 Å². The number of ketones is 2. The molecular weight excluding hydrogens is 562 g/mol. The number of benzene rings is 1. The van der Waals surface area contributed by atoms with Crippen molar-refractivity contribution in [3.8, 4) is 12.1 Å². The van der Waals surface area contributed by atoms with E-state index < -0.39 is 38.6 Å². The number of carbonyl (C=O) groups excluding carboxylic acids is 3. The molecule has 45 heavy (non-hydrogen) atoms. The van der Waals surface area contributed by atoms with Gasteiger partial charge in [0.1, 0.15) is 11.7 Å². The van der Waals surface area contributed by atoms with Gasteiger partial charge in [-0.25, -0.2) is 0 Å². The summed E-state index contributed by atoms with van der Waals surface area (Å²) in [6.07, 6.45) is 8.20. The molecule has 0 spiro atoms. The predicted molar refractivity (Wildman–Crippen MR) is 170 cm³/mol. The van der Waals surface area contributed by atoms with Gasteiger partial charge >= 0.3 is 0 Å². The Morgan fingerprint density at radius 2 is 1.53 bits per heavy atom. The van der Waals surface area contributed by atoms with Gasteiger partial charge in [0.15, 0.2) is 11.6 Å². The summed E-state index contributed by atoms with van der Waals surface area (Å²) >= 11 is 0. The highest BCUT2D eigenvalue weighted by Gasteiger charge is 2.75. The van der Waals surface area contributed by atoms with Crippen molar-refractivity contribution >= 4 is 23.2 Å². The van der Waals surface area contributed by atoms with Crippen LogP contribution in [-0.2, 0) is 14.4 Å². The molecule has 0 aliphatic heterocycles. The maximum atomic E-state index is 14.7. The summed E-state index contributed by atoms with van der Waals surface area (Å²) in [6.45, 7) is 14.3. The van der Waals surface area contributed by atoms with Crippen molar-refractivity contribution < 1.29 is 19.5 Å². The van der Waals surface area contributed by atoms with Crippen molar-refractivity contribution in [3.05, 3.63) is 53.1 Å². The number of Topliss-reactive ketones (excluding diaryl/α,β-unsaturated/α-hetero) is 1. The fourth-order valence-corrected chi connectivity index (χ4v) is 10.9. The average Bonchev–Trinajstić information content (AvgIpc) is 2.99. The van der Waals surface area contributed by atoms with Crippen LogP contribution >= 0.6 is 0 Å². The number of allylic oxidation sites excluding steroid dienone is 3. The smallest absolute Gasteiger partial charge is 0.230 e. The number of nitrogens with one attached hydrogen (secondary N) is 1. The summed E-state index contributed by atoms with van der Waals surface area (Å²) in [5, 5.41) is 35.2. The minimum Gasteiger partial charge on any atom is -0.381 e. The van der Waals surface area contributed by atoms with Crippen LogP contribution in [0.1, 0.15) is 99.0 Å². The van der Waals surface area contributed by atoms with Gasteiger partial charge in [0.25, 0.3) is 0 Å². The molecule has 3 saturated carbocycles. The number of amides is 1. The number of nitrogens with zero attached hydrogens (tertiary/aromatic N) is 2. The third kappa shape index (κ3) is 3.86. The summed E-state index contributed by atoms with van der Waals surface area (Å²) < 4.78 is 0. The molecule has 236 valence electrons. The fourth-order valence-electron chi connectivity index (χ4n) is 10.9. The largest absolute Gasteiger partial charge is 0.381 e. The third-order valence-electron chi connectivity index (χ3n) is 14.1. The van der Waals surface area contributed by atoms with Crippen LogP contribution in [-0.4, -0.2) is 28.2 Å². The Kier molecular flexibility index (Phi) is 6.63. The molecule has 0 saturated heterocycles. The van der Waals surface area contributed by atoms with Gasteiger partial charge in [-0.2, -0.15) is 10.5 Å². The number of hydrogen-bond acceptors (Lipinski definition) is 6. The maximum absolute atomic E-state index is 14.7. The minimum atomic E-state index is -1.68. The zero-order valence-corrected chi connectivity index (χ0v) is 27.6. The highest BCUT2D eigenvalue weighted by molar-refractivity contribution is 6.05. The molecule has 3 fully saturated rings. The average molecular weight is 608 g/mol. The molecule has 1 aromatic rings. The molecule has 7 nitrogen and oxygen atoms in total. The lowest BCUT2D eigenvalue weighted by Crippen LogP contribution is -2.74. The van der Waals surface area contributed by atoms with Crippen LogP contribution in [0, 0.1) is 67.0 Å². The third-order valence-corrected chi connectivity index (χ3v) is 14.1. The number of fused-ring (bicyclic) bond motifs is 7. The Morgan fingerprint density at radius 1 is 0.889 bits per heavy atom. The van der Waals surface area contributed by atoms with E-state index in [-0.39, 0.29) is 34.4 Å². The summed E-state index contributed by atoms with van der Waals surface area (Å²) in [5.41, 5.74) is -3.41. The highest BCUT2D eigenvalue weighted by Crippen LogP contribution is 2.75. The Balaban J connectivity index is 1.43. The van der Waals surface area contributed by atoms with E-state index in [4.69, 9.17) is 5.26 Å². The molecule has 1 aromatic carbocycles. The van der Waals surface area contributed by atoms with Crippen LogP contribution in [0.15, 0.2) is 47.6 Å². The number of nitriles is 2. The van der Waals surface area contributed by atoms with Gasteiger partial charge in [-0.1, -0.05) is 54.5 Å². The summed E-state index contributed by atoms with van der Waals surface area (Å²) in [4.78, 5) is 41.9. The summed E-state index contributed by atoms with van der Waals surface area (Å²) in [7, 11) is 0. The molecule has 1 amide bonds. The van der Waals surface area contributed by atoms with Gasteiger partial charge in [-0.3, -0.25) is 14.4 Å². The molecule has 7 heteroatoms. The molecule has 6 rings (SSSR count). The standard InChI is InChI=1S/C38H45N3O4/c1-32(2)26-12-13-36(6)27(35(26,5)19-24(22-40)30(32)43)18-29(42)38(45)28-20-34(4,15-14-33(28,3)16-17-37(36,38)7)31(44)41-25-10-8-23(21-39)9-11-25/h8-11,18-19,26,28,45H,12-17,20H2,1-7H3,(H,41,44). The Bertz CT molecular complexity index is 1680. The van der Waals surface area contributed by atoms with E-state index >= 15 is 0 Å². The zero-order valence-electron chi connectivity index (χ0n) is 27.6. The normalized spacial score (nSPS) is 43.2. The van der Waals surface area contributed by atoms with E-state index in [1.807, 2.05) is 26.8 Å². The van der Waals surface area contributed by atoms with E-state index in [1.165, 1.54) is 0 Å². The Labute approximate surface area is 266 Å². The number of hydrogen-bond donors (Lipinski definition) is 2. The van der Waals surface area contributed by atoms with Crippen LogP contribution in [0.25, 0.3) is 0 Å². The van der Waals surface area contributed by atoms with Crippen molar-refractivity contribution in [2.45, 2.75) is 99.0 Å². The molecule has 5 aliphatic carbocycles. The van der Waals surface area contributed by atoms with Gasteiger partial charge in [0.05, 0.1) is 17.2 Å². The zero-order chi connectivity index (χ0) is 33.0. The molecule has 0 bridgehead atoms. The van der Waals surface area contributed by atoms with Crippen molar-refractivity contribution in [3.63, 3.8) is 0 Å². The van der Waals surface area contributed by atoms with Gasteiger partial charge < -0.3 is 10.4 Å². The molecular formula is C38H45N3O4. The number of carbonyl (C=O) groups is 3. The molecule has 8 unspecified atom stereocenters. The Morgan fingerprint density at radius 3 is 2.16 bits per heavy atom. The van der Waals surface area contributed by atoms with Crippen molar-refractivity contribution in [1.29, 1.82) is 10.5 Å². The molecule has 8 atom stereocenters. The fraction of sp³-hybridized carbons (Fsp3) is 0.605. The monoisotopic (exact) mass is 607 g/mol. The predicted octanol–water partition coefficient (Wildman–Crippen LogP) is 6.83. The van der Waals surface area contributed by atoms with Crippen molar-refractivity contribution in [1.82, 2.24) is 0 Å². The van der Waals surface area contributed by atoms with E-state index in [9.17, 15) is 24.8 Å². The van der Waals surface area contributed by atoms with Crippen LogP contribution < -0.4 is 5.32 Å². The van der Waals surface area contributed by atoms with E-state index in [1.54, 1.807) is 30.3 Å². The first-order chi connectivity index (χ1) is 20.9. The molecule has 0 heterocycles. The second-order valence-electron chi connectivity index (χ2n) is 16.6. The van der Waals surface area contributed by atoms with E-state index in [0.717, 1.165) is 31.3 Å². The first kappa shape index (κ1) is 31.4. The van der Waals surface area contributed by atoms with Crippen LogP contribution in [0.2, 0.25) is 0 Å². The summed E-state index contributed by atoms with van der Waals surface area (Å²) in [6, 6.07) is 11.0. The first-order valence-corrected chi connectivity index (χ1v) is 16.4. The van der Waals surface area contributed by atoms with Crippen molar-refractivity contribution in [2.75, 3.05) is 5.32 Å². The van der Waals surface area contributed by atoms with Gasteiger partial charge in [-0.15, -0.1) is 0 Å². The SMILES string of the molecule is CC1(C(=O)Nc2ccc(C#N)cc2)CCC2(C)CCC3(C)C4(C)CCC5C(C)(C)C(=O)C(C#N)=CC5(C)C4=CC(=O)C3(O)C2C1. The van der Waals surface area contributed by atoms with Gasteiger partial charge in [0, 0.05) is 33.3 Å². The van der Waals surface area contributed by atoms with Crippen LogP contribution in [0.5, 0.6) is 0 Å². The molecule has 2 N–H and O–H groups in total. The van der Waals surface area contributed by atoms with Crippen LogP contribution in [0.3, 0.4) is 0 Å². The van der Waals surface area contributed by atoms with Crippen LogP contribution in [0.4, 0.5) is 5.69 Å². The molecule has 5 aliphatic rings. The molecule has 0 radical (unpaired) electrons. The number of anilines is 1. The van der Waals surface area contributed by atoms with Gasteiger partial charge in [0.2, 0.25) is 5.91 Å². The minimum absolute atomic E-state index is 0.0748. The first-order valence-electron chi connectivity index (χ1n) is 16.4. The second kappa shape index (κ2) is 9.49. The number of rotatable bonds is 2. The van der Waals surface area contributed by atoms with Gasteiger partial charge in [-0.05, 0) is 97.6 Å². The Hall–Kier alpha value is -3.55.